The lowest BCUT2D eigenvalue weighted by atomic mass is 10.2. The topological polar surface area (TPSA) is 53.5 Å². The Morgan fingerprint density at radius 1 is 1.43 bits per heavy atom. The summed E-state index contributed by atoms with van der Waals surface area (Å²) >= 11 is 10.9. The number of carbonyl (C=O) groups excluding carboxylic acids is 1. The van der Waals surface area contributed by atoms with Crippen LogP contribution in [0.1, 0.15) is 10.4 Å². The second kappa shape index (κ2) is 7.59. The normalized spacial score (nSPS) is 10.8. The fourth-order valence-corrected chi connectivity index (χ4v) is 3.05. The Hall–Kier alpha value is -1.37. The first-order valence-electron chi connectivity index (χ1n) is 6.12. The van der Waals surface area contributed by atoms with Gasteiger partial charge in [-0.15, -0.1) is 11.3 Å². The molecule has 2 aromatic rings. The van der Waals surface area contributed by atoms with E-state index in [0.717, 1.165) is 19.9 Å². The van der Waals surface area contributed by atoms with Gasteiger partial charge in [0.15, 0.2) is 0 Å². The van der Waals surface area contributed by atoms with E-state index in [4.69, 9.17) is 11.6 Å². The minimum Gasteiger partial charge on any atom is -0.376 e. The highest BCUT2D eigenvalue weighted by Crippen LogP contribution is 2.22. The summed E-state index contributed by atoms with van der Waals surface area (Å²) in [6.45, 7) is 2.03. The van der Waals surface area contributed by atoms with Crippen LogP contribution >= 0.6 is 38.9 Å². The van der Waals surface area contributed by atoms with Gasteiger partial charge in [-0.3, -0.25) is 4.79 Å². The number of hydrogen-bond acceptors (Lipinski definition) is 4. The minimum atomic E-state index is -0.221. The van der Waals surface area contributed by atoms with Gasteiger partial charge in [0, 0.05) is 15.6 Å². The number of anilines is 1. The number of nitrogens with zero attached hydrogens (tertiary/aromatic N) is 1. The van der Waals surface area contributed by atoms with E-state index >= 15 is 0 Å². The number of thiophene rings is 1. The monoisotopic (exact) mass is 385 g/mol. The van der Waals surface area contributed by atoms with Crippen LogP contribution in [0.4, 0.5) is 5.69 Å². The van der Waals surface area contributed by atoms with Gasteiger partial charge in [-0.05, 0) is 52.7 Å². The fourth-order valence-electron chi connectivity index (χ4n) is 1.58. The fraction of sp³-hybridized carbons (Fsp3) is 0.143. The van der Waals surface area contributed by atoms with Gasteiger partial charge < -0.3 is 5.32 Å². The SMILES string of the molecule is Cc1c(Cl)cccc1NCC(=O)N/N=C\c1ccc(Br)s1. The van der Waals surface area contributed by atoms with E-state index in [1.54, 1.807) is 6.21 Å². The van der Waals surface area contributed by atoms with E-state index in [9.17, 15) is 4.79 Å². The quantitative estimate of drug-likeness (QED) is 0.602. The Kier molecular flexibility index (Phi) is 5.78. The molecular weight excluding hydrogens is 374 g/mol. The van der Waals surface area contributed by atoms with Gasteiger partial charge in [0.25, 0.3) is 5.91 Å². The molecule has 0 atom stereocenters. The maximum absolute atomic E-state index is 11.7. The third-order valence-corrected chi connectivity index (χ3v) is 4.65. The third-order valence-electron chi connectivity index (χ3n) is 2.68. The van der Waals surface area contributed by atoms with Gasteiger partial charge in [0.2, 0.25) is 0 Å². The Labute approximate surface area is 140 Å². The zero-order chi connectivity index (χ0) is 15.2. The molecule has 4 nitrogen and oxygen atoms in total. The van der Waals surface area contributed by atoms with Crippen LogP contribution in [-0.2, 0) is 4.79 Å². The lowest BCUT2D eigenvalue weighted by Gasteiger charge is -2.09. The van der Waals surface area contributed by atoms with Crippen molar-refractivity contribution in [3.8, 4) is 0 Å². The van der Waals surface area contributed by atoms with Crippen LogP contribution < -0.4 is 10.7 Å². The molecule has 1 aromatic carbocycles. The third kappa shape index (κ3) is 4.84. The first-order valence-corrected chi connectivity index (χ1v) is 8.11. The van der Waals surface area contributed by atoms with Crippen molar-refractivity contribution in [1.29, 1.82) is 0 Å². The van der Waals surface area contributed by atoms with E-state index in [2.05, 4.69) is 31.8 Å². The van der Waals surface area contributed by atoms with Crippen molar-refractivity contribution in [3.63, 3.8) is 0 Å². The van der Waals surface area contributed by atoms with Crippen molar-refractivity contribution in [2.75, 3.05) is 11.9 Å². The van der Waals surface area contributed by atoms with Gasteiger partial charge in [0.1, 0.15) is 0 Å². The van der Waals surface area contributed by atoms with Gasteiger partial charge in [-0.25, -0.2) is 5.43 Å². The van der Waals surface area contributed by atoms with Crippen LogP contribution in [-0.4, -0.2) is 18.7 Å². The summed E-state index contributed by atoms with van der Waals surface area (Å²) < 4.78 is 1.02. The standard InChI is InChI=1S/C14H13BrClN3OS/c1-9-11(16)3-2-4-12(9)17-8-14(20)19-18-7-10-5-6-13(15)21-10/h2-7,17H,8H2,1H3,(H,19,20)/b18-7-. The molecule has 1 heterocycles. The van der Waals surface area contributed by atoms with Crippen LogP contribution in [0.2, 0.25) is 5.02 Å². The first kappa shape index (κ1) is 16.0. The van der Waals surface area contributed by atoms with Crippen molar-refractivity contribution >= 4 is 56.7 Å². The molecule has 7 heteroatoms. The second-order valence-corrected chi connectivity index (χ2v) is 7.10. The summed E-state index contributed by atoms with van der Waals surface area (Å²) in [4.78, 5) is 12.6. The van der Waals surface area contributed by atoms with Crippen molar-refractivity contribution in [2.45, 2.75) is 6.92 Å². The molecule has 0 fully saturated rings. The van der Waals surface area contributed by atoms with Crippen molar-refractivity contribution in [1.82, 2.24) is 5.43 Å². The molecule has 110 valence electrons. The molecule has 1 amide bonds. The highest BCUT2D eigenvalue weighted by Gasteiger charge is 2.04. The van der Waals surface area contributed by atoms with Gasteiger partial charge in [-0.2, -0.15) is 5.10 Å². The minimum absolute atomic E-state index is 0.132. The number of carbonyl (C=O) groups is 1. The molecule has 1 aromatic heterocycles. The maximum atomic E-state index is 11.7. The molecule has 0 spiro atoms. The molecule has 0 radical (unpaired) electrons. The Bertz CT molecular complexity index is 672. The molecule has 21 heavy (non-hydrogen) atoms. The summed E-state index contributed by atoms with van der Waals surface area (Å²) in [5.41, 5.74) is 4.22. The largest absolute Gasteiger partial charge is 0.376 e. The molecule has 0 unspecified atom stereocenters. The predicted molar refractivity (Wildman–Crippen MR) is 92.4 cm³/mol. The van der Waals surface area contributed by atoms with Crippen molar-refractivity contribution in [3.05, 3.63) is 49.6 Å². The predicted octanol–water partition coefficient (Wildman–Crippen LogP) is 4.03. The first-order chi connectivity index (χ1) is 10.1. The lowest BCUT2D eigenvalue weighted by molar-refractivity contribution is -0.119. The van der Waals surface area contributed by atoms with Gasteiger partial charge in [-0.1, -0.05) is 17.7 Å². The van der Waals surface area contributed by atoms with Crippen molar-refractivity contribution in [2.24, 2.45) is 5.10 Å². The molecule has 0 saturated carbocycles. The molecule has 2 N–H and O–H groups in total. The summed E-state index contributed by atoms with van der Waals surface area (Å²) in [5.74, 6) is -0.221. The number of rotatable bonds is 5. The smallest absolute Gasteiger partial charge is 0.259 e. The van der Waals surface area contributed by atoms with E-state index in [1.165, 1.54) is 11.3 Å². The molecule has 0 aliphatic heterocycles. The summed E-state index contributed by atoms with van der Waals surface area (Å²) in [7, 11) is 0. The summed E-state index contributed by atoms with van der Waals surface area (Å²) in [6.07, 6.45) is 1.61. The summed E-state index contributed by atoms with van der Waals surface area (Å²) in [5, 5.41) is 7.61. The van der Waals surface area contributed by atoms with Crippen molar-refractivity contribution < 1.29 is 4.79 Å². The average Bonchev–Trinajstić information content (AvgIpc) is 2.86. The number of benzene rings is 1. The van der Waals surface area contributed by atoms with Crippen LogP contribution in [0.15, 0.2) is 39.2 Å². The number of halogens is 2. The molecule has 0 aliphatic rings. The lowest BCUT2D eigenvalue weighted by Crippen LogP contribution is -2.26. The van der Waals surface area contributed by atoms with Gasteiger partial charge >= 0.3 is 0 Å². The summed E-state index contributed by atoms with van der Waals surface area (Å²) in [6, 6.07) is 9.37. The zero-order valence-corrected chi connectivity index (χ0v) is 14.3. The number of hydrazone groups is 1. The van der Waals surface area contributed by atoms with Crippen LogP contribution in [0.5, 0.6) is 0 Å². The zero-order valence-electron chi connectivity index (χ0n) is 11.2. The Morgan fingerprint density at radius 2 is 2.24 bits per heavy atom. The molecular formula is C14H13BrClN3OS. The molecule has 2 rings (SSSR count). The van der Waals surface area contributed by atoms with E-state index in [0.29, 0.717) is 5.02 Å². The van der Waals surface area contributed by atoms with E-state index < -0.39 is 0 Å². The number of nitrogens with one attached hydrogen (secondary N) is 2. The average molecular weight is 387 g/mol. The molecule has 0 saturated heterocycles. The number of amides is 1. The van der Waals surface area contributed by atoms with Crippen LogP contribution in [0.3, 0.4) is 0 Å². The van der Waals surface area contributed by atoms with Crippen LogP contribution in [0.25, 0.3) is 0 Å². The number of hydrogen-bond donors (Lipinski definition) is 2. The Morgan fingerprint density at radius 3 is 2.95 bits per heavy atom. The molecule has 0 aliphatic carbocycles. The second-order valence-electron chi connectivity index (χ2n) is 4.20. The van der Waals surface area contributed by atoms with Gasteiger partial charge in [0.05, 0.1) is 16.5 Å². The maximum Gasteiger partial charge on any atom is 0.259 e. The highest BCUT2D eigenvalue weighted by molar-refractivity contribution is 9.11. The molecule has 0 bridgehead atoms. The van der Waals surface area contributed by atoms with E-state index in [-0.39, 0.29) is 12.5 Å². The van der Waals surface area contributed by atoms with E-state index in [1.807, 2.05) is 37.3 Å². The van der Waals surface area contributed by atoms with Crippen LogP contribution in [0, 0.1) is 6.92 Å². The highest BCUT2D eigenvalue weighted by atomic mass is 79.9. The Balaban J connectivity index is 1.82.